The van der Waals surface area contributed by atoms with E-state index < -0.39 is 7.82 Å². The van der Waals surface area contributed by atoms with Crippen molar-refractivity contribution in [1.29, 1.82) is 0 Å². The van der Waals surface area contributed by atoms with Gasteiger partial charge in [0.05, 0.1) is 27.7 Å². The predicted octanol–water partition coefficient (Wildman–Crippen LogP) is 7.83. The molecule has 0 radical (unpaired) electrons. The van der Waals surface area contributed by atoms with Crippen molar-refractivity contribution in [3.05, 3.63) is 0 Å². The molecule has 0 aliphatic carbocycles. The van der Waals surface area contributed by atoms with Crippen molar-refractivity contribution >= 4 is 39.7 Å². The number of quaternary nitrogens is 1. The quantitative estimate of drug-likeness (QED) is 0.0601. The molecular weight excluding hydrogens is 545 g/mol. The van der Waals surface area contributed by atoms with E-state index in [1.54, 1.807) is 0 Å². The topological polar surface area (TPSA) is 55.8 Å². The maximum Gasteiger partial charge on any atom is 0.472 e. The number of likely N-dealkylation sites (N-methyl/N-ethyl adjacent to an activating group) is 1. The maximum absolute atomic E-state index is 11.8. The average molecular weight is 594 g/mol. The van der Waals surface area contributed by atoms with Gasteiger partial charge in [-0.15, -0.1) is 0 Å². The zero-order valence-corrected chi connectivity index (χ0v) is 24.6. The van der Waals surface area contributed by atoms with Crippen LogP contribution in [0.15, 0.2) is 0 Å². The molecule has 0 heterocycles. The van der Waals surface area contributed by atoms with Gasteiger partial charge in [-0.2, -0.15) is 0 Å². The largest absolute Gasteiger partial charge is 0.472 e. The molecule has 0 spiro atoms. The molecule has 8 heteroatoms. The number of hydrogen-bond donors (Lipinski definition) is 1. The molecule has 0 fully saturated rings. The van der Waals surface area contributed by atoms with Crippen LogP contribution in [-0.4, -0.2) is 59.9 Å². The number of alkyl halides is 2. The van der Waals surface area contributed by atoms with Crippen LogP contribution in [0.5, 0.6) is 0 Å². The molecule has 0 aliphatic heterocycles. The zero-order valence-electron chi connectivity index (χ0n) is 20.5. The first-order chi connectivity index (χ1) is 14.6. The molecular formula is C23H49Br2NO4P+. The molecule has 3 unspecified atom stereocenters. The van der Waals surface area contributed by atoms with Gasteiger partial charge in [-0.05, 0) is 19.3 Å². The number of phosphoric ester groups is 1. The second-order valence-corrected chi connectivity index (χ2v) is 13.5. The van der Waals surface area contributed by atoms with E-state index in [-0.39, 0.29) is 13.2 Å². The average Bonchev–Trinajstić information content (AvgIpc) is 2.67. The van der Waals surface area contributed by atoms with Crippen molar-refractivity contribution in [2.24, 2.45) is 0 Å². The molecule has 31 heavy (non-hydrogen) atoms. The molecule has 0 rings (SSSR count). The van der Waals surface area contributed by atoms with Crippen LogP contribution in [-0.2, 0) is 13.6 Å². The van der Waals surface area contributed by atoms with Gasteiger partial charge in [-0.25, -0.2) is 4.57 Å². The van der Waals surface area contributed by atoms with Gasteiger partial charge in [0, 0.05) is 9.65 Å². The zero-order chi connectivity index (χ0) is 23.6. The van der Waals surface area contributed by atoms with Crippen LogP contribution in [0, 0.1) is 0 Å². The van der Waals surface area contributed by atoms with Crippen molar-refractivity contribution < 1.29 is 23.0 Å². The van der Waals surface area contributed by atoms with Gasteiger partial charge in [-0.3, -0.25) is 9.05 Å². The number of phosphoric acid groups is 1. The van der Waals surface area contributed by atoms with Crippen molar-refractivity contribution in [1.82, 2.24) is 0 Å². The normalized spacial score (nSPS) is 16.2. The summed E-state index contributed by atoms with van der Waals surface area (Å²) in [5, 5.41) is 0. The van der Waals surface area contributed by atoms with Crippen molar-refractivity contribution in [3.8, 4) is 0 Å². The van der Waals surface area contributed by atoms with Gasteiger partial charge in [0.25, 0.3) is 0 Å². The van der Waals surface area contributed by atoms with Crippen LogP contribution in [0.1, 0.15) is 96.8 Å². The van der Waals surface area contributed by atoms with Gasteiger partial charge >= 0.3 is 7.82 Å². The fourth-order valence-corrected chi connectivity index (χ4v) is 5.20. The van der Waals surface area contributed by atoms with Crippen LogP contribution in [0.3, 0.4) is 0 Å². The minimum Gasteiger partial charge on any atom is -0.329 e. The van der Waals surface area contributed by atoms with Gasteiger partial charge in [-0.1, -0.05) is 109 Å². The Hall–Kier alpha value is 1.03. The molecule has 0 aliphatic rings. The van der Waals surface area contributed by atoms with Gasteiger partial charge in [0.1, 0.15) is 13.2 Å². The fraction of sp³-hybridized carbons (Fsp3) is 1.00. The fourth-order valence-electron chi connectivity index (χ4n) is 3.28. The van der Waals surface area contributed by atoms with Gasteiger partial charge in [0.2, 0.25) is 0 Å². The highest BCUT2D eigenvalue weighted by Crippen LogP contribution is 2.43. The lowest BCUT2D eigenvalue weighted by molar-refractivity contribution is -0.870. The van der Waals surface area contributed by atoms with Crippen molar-refractivity contribution in [2.75, 3.05) is 40.9 Å². The molecule has 3 atom stereocenters. The number of nitrogens with zero attached hydrogens (tertiary/aromatic N) is 1. The van der Waals surface area contributed by atoms with Crippen LogP contribution in [0.25, 0.3) is 0 Å². The lowest BCUT2D eigenvalue weighted by Gasteiger charge is -2.24. The summed E-state index contributed by atoms with van der Waals surface area (Å²) in [5.41, 5.74) is 0. The lowest BCUT2D eigenvalue weighted by atomic mass is 10.0. The first-order valence-electron chi connectivity index (χ1n) is 12.3. The van der Waals surface area contributed by atoms with E-state index in [2.05, 4.69) is 38.8 Å². The first-order valence-corrected chi connectivity index (χ1v) is 15.6. The number of halogens is 2. The van der Waals surface area contributed by atoms with Crippen LogP contribution < -0.4 is 0 Å². The Labute approximate surface area is 209 Å². The number of unbranched alkanes of at least 4 members (excludes halogenated alkanes) is 10. The maximum atomic E-state index is 11.8. The van der Waals surface area contributed by atoms with Crippen LogP contribution in [0.2, 0.25) is 0 Å². The summed E-state index contributed by atoms with van der Waals surface area (Å²) < 4.78 is 22.6. The Kier molecular flexibility index (Phi) is 20.0. The lowest BCUT2D eigenvalue weighted by Crippen LogP contribution is -2.37. The molecule has 0 aromatic rings. The van der Waals surface area contributed by atoms with E-state index in [1.807, 2.05) is 21.1 Å². The molecule has 0 saturated carbocycles. The van der Waals surface area contributed by atoms with E-state index in [4.69, 9.17) is 9.05 Å². The van der Waals surface area contributed by atoms with Crippen molar-refractivity contribution in [3.63, 3.8) is 0 Å². The molecule has 1 N–H and O–H groups in total. The summed E-state index contributed by atoms with van der Waals surface area (Å²) in [6, 6.07) is 0. The third-order valence-corrected chi connectivity index (χ3v) is 9.29. The summed E-state index contributed by atoms with van der Waals surface area (Å²) in [4.78, 5) is 10.8. The Morgan fingerprint density at radius 3 is 1.65 bits per heavy atom. The molecule has 0 aromatic carbocycles. The monoisotopic (exact) mass is 592 g/mol. The highest BCUT2D eigenvalue weighted by molar-refractivity contribution is 9.12. The molecule has 0 saturated heterocycles. The highest BCUT2D eigenvalue weighted by Gasteiger charge is 2.22. The Bertz CT molecular complexity index is 463. The Morgan fingerprint density at radius 1 is 0.742 bits per heavy atom. The molecule has 0 aromatic heterocycles. The standard InChI is InChI=1S/C23H48Br2NO4P/c1-5-6-7-8-11-14-17-22(24)23(25)18-15-12-9-10-13-16-20-29-31(27,28)30-21-19-26(2,3)4/h22-23H,5-21H2,1-4H3/p+1. The van der Waals surface area contributed by atoms with Crippen LogP contribution >= 0.6 is 39.7 Å². The molecule has 5 nitrogen and oxygen atoms in total. The second-order valence-electron chi connectivity index (χ2n) is 9.65. The van der Waals surface area contributed by atoms with E-state index in [1.165, 1.54) is 70.6 Å². The van der Waals surface area contributed by atoms with E-state index in [0.29, 0.717) is 20.7 Å². The first kappa shape index (κ1) is 32.0. The minimum absolute atomic E-state index is 0.222. The number of rotatable bonds is 22. The SMILES string of the molecule is CCCCCCCCC(Br)C(Br)CCCCCCCCOP(=O)(O)OCC[N+](C)(C)C. The Morgan fingerprint density at radius 2 is 1.16 bits per heavy atom. The van der Waals surface area contributed by atoms with E-state index in [9.17, 15) is 9.46 Å². The van der Waals surface area contributed by atoms with Crippen molar-refractivity contribution in [2.45, 2.75) is 106 Å². The molecule has 0 bridgehead atoms. The van der Waals surface area contributed by atoms with E-state index in [0.717, 1.165) is 19.3 Å². The minimum atomic E-state index is -3.90. The molecule has 0 amide bonds. The van der Waals surface area contributed by atoms with Gasteiger partial charge in [0.15, 0.2) is 0 Å². The smallest absolute Gasteiger partial charge is 0.329 e. The Balaban J connectivity index is 3.54. The highest BCUT2D eigenvalue weighted by atomic mass is 79.9. The summed E-state index contributed by atoms with van der Waals surface area (Å²) in [7, 11) is 2.14. The van der Waals surface area contributed by atoms with Gasteiger partial charge < -0.3 is 9.38 Å². The predicted molar refractivity (Wildman–Crippen MR) is 140 cm³/mol. The van der Waals surface area contributed by atoms with E-state index >= 15 is 0 Å². The summed E-state index contributed by atoms with van der Waals surface area (Å²) >= 11 is 7.72. The summed E-state index contributed by atoms with van der Waals surface area (Å²) in [6.07, 6.45) is 17.3. The van der Waals surface area contributed by atoms with Crippen LogP contribution in [0.4, 0.5) is 0 Å². The molecule has 188 valence electrons. The summed E-state index contributed by atoms with van der Waals surface area (Å²) in [5.74, 6) is 0. The third-order valence-electron chi connectivity index (χ3n) is 5.37. The summed E-state index contributed by atoms with van der Waals surface area (Å²) in [6.45, 7) is 3.43. The third kappa shape index (κ3) is 22.6. The second kappa shape index (κ2) is 19.3. The number of hydrogen-bond acceptors (Lipinski definition) is 3.